The third-order valence-electron chi connectivity index (χ3n) is 8.04. The van der Waals surface area contributed by atoms with Crippen molar-refractivity contribution in [3.63, 3.8) is 0 Å². The van der Waals surface area contributed by atoms with Gasteiger partial charge in [0.05, 0.1) is 52.9 Å². The Kier molecular flexibility index (Phi) is 8.48. The standard InChI is InChI=1S/C30H38N4O6/c35-29(23-17-25(31-1-9-37-10-2-31)21-26(18-23)32-3-11-38-12-4-32)30(36)24-19-27(33-5-13-39-14-6-33)22-28(20-24)34-7-15-40-16-8-34/h17-22H,1-16H2. The molecule has 6 rings (SSSR count). The molecule has 214 valence electrons. The van der Waals surface area contributed by atoms with Gasteiger partial charge in [0.15, 0.2) is 0 Å². The number of benzene rings is 2. The smallest absolute Gasteiger partial charge is 0.233 e. The summed E-state index contributed by atoms with van der Waals surface area (Å²) in [6.07, 6.45) is 0. The van der Waals surface area contributed by atoms with Crippen molar-refractivity contribution in [2.45, 2.75) is 0 Å². The van der Waals surface area contributed by atoms with Crippen LogP contribution in [0.25, 0.3) is 0 Å². The highest BCUT2D eigenvalue weighted by atomic mass is 16.5. The van der Waals surface area contributed by atoms with E-state index in [9.17, 15) is 9.59 Å². The van der Waals surface area contributed by atoms with Crippen molar-refractivity contribution < 1.29 is 28.5 Å². The van der Waals surface area contributed by atoms with Gasteiger partial charge in [0.2, 0.25) is 11.6 Å². The summed E-state index contributed by atoms with van der Waals surface area (Å²) in [5.74, 6) is -0.978. The van der Waals surface area contributed by atoms with Crippen LogP contribution in [-0.2, 0) is 18.9 Å². The maximum atomic E-state index is 13.9. The molecule has 4 aliphatic heterocycles. The van der Waals surface area contributed by atoms with Gasteiger partial charge in [-0.25, -0.2) is 0 Å². The number of ether oxygens (including phenoxy) is 4. The fourth-order valence-corrected chi connectivity index (χ4v) is 5.73. The van der Waals surface area contributed by atoms with Crippen molar-refractivity contribution in [2.75, 3.05) is 125 Å². The van der Waals surface area contributed by atoms with Gasteiger partial charge in [0.25, 0.3) is 0 Å². The molecule has 0 bridgehead atoms. The Labute approximate surface area is 235 Å². The molecule has 0 aliphatic carbocycles. The molecular weight excluding hydrogens is 512 g/mol. The summed E-state index contributed by atoms with van der Waals surface area (Å²) < 4.78 is 22.2. The van der Waals surface area contributed by atoms with Gasteiger partial charge in [-0.2, -0.15) is 0 Å². The minimum atomic E-state index is -0.489. The molecule has 4 heterocycles. The Morgan fingerprint density at radius 3 is 0.850 bits per heavy atom. The second kappa shape index (κ2) is 12.6. The van der Waals surface area contributed by atoms with E-state index in [1.807, 2.05) is 24.3 Å². The third-order valence-corrected chi connectivity index (χ3v) is 8.04. The van der Waals surface area contributed by atoms with Gasteiger partial charge in [0.1, 0.15) is 0 Å². The summed E-state index contributed by atoms with van der Waals surface area (Å²) in [5.41, 5.74) is 4.61. The molecule has 40 heavy (non-hydrogen) atoms. The van der Waals surface area contributed by atoms with Gasteiger partial charge >= 0.3 is 0 Å². The lowest BCUT2D eigenvalue weighted by molar-refractivity contribution is 0.0817. The van der Waals surface area contributed by atoms with Crippen LogP contribution in [0.1, 0.15) is 20.7 Å². The van der Waals surface area contributed by atoms with Crippen molar-refractivity contribution in [1.29, 1.82) is 0 Å². The number of hydrogen-bond acceptors (Lipinski definition) is 10. The van der Waals surface area contributed by atoms with Gasteiger partial charge in [-0.15, -0.1) is 0 Å². The highest BCUT2D eigenvalue weighted by molar-refractivity contribution is 6.49. The fourth-order valence-electron chi connectivity index (χ4n) is 5.73. The first-order valence-corrected chi connectivity index (χ1v) is 14.4. The Morgan fingerprint density at radius 1 is 0.400 bits per heavy atom. The molecule has 0 amide bonds. The molecule has 0 aromatic heterocycles. The van der Waals surface area contributed by atoms with Crippen LogP contribution >= 0.6 is 0 Å². The van der Waals surface area contributed by atoms with Gasteiger partial charge in [-0.3, -0.25) is 9.59 Å². The molecule has 2 aromatic carbocycles. The molecule has 2 aromatic rings. The topological polar surface area (TPSA) is 84.0 Å². The van der Waals surface area contributed by atoms with Crippen molar-refractivity contribution in [1.82, 2.24) is 0 Å². The Morgan fingerprint density at radius 2 is 0.625 bits per heavy atom. The average Bonchev–Trinajstić information content (AvgIpc) is 3.05. The summed E-state index contributed by atoms with van der Waals surface area (Å²) >= 11 is 0. The maximum Gasteiger partial charge on any atom is 0.233 e. The van der Waals surface area contributed by atoms with Crippen molar-refractivity contribution in [3.8, 4) is 0 Å². The van der Waals surface area contributed by atoms with E-state index in [4.69, 9.17) is 18.9 Å². The zero-order chi connectivity index (χ0) is 27.3. The van der Waals surface area contributed by atoms with Crippen LogP contribution in [0.5, 0.6) is 0 Å². The first-order chi connectivity index (χ1) is 19.7. The number of nitrogens with zero attached hydrogens (tertiary/aromatic N) is 4. The number of carbonyl (C=O) groups is 2. The number of rotatable bonds is 7. The van der Waals surface area contributed by atoms with Gasteiger partial charge in [0, 0.05) is 86.2 Å². The van der Waals surface area contributed by atoms with E-state index in [0.29, 0.717) is 64.0 Å². The normalized spacial score (nSPS) is 20.5. The number of morpholine rings is 4. The van der Waals surface area contributed by atoms with Crippen LogP contribution in [0.2, 0.25) is 0 Å². The van der Waals surface area contributed by atoms with Crippen LogP contribution in [0.15, 0.2) is 36.4 Å². The number of hydrogen-bond donors (Lipinski definition) is 0. The predicted molar refractivity (Wildman–Crippen MR) is 154 cm³/mol. The predicted octanol–water partition coefficient (Wildman–Crippen LogP) is 2.10. The summed E-state index contributed by atoms with van der Waals surface area (Å²) in [6.45, 7) is 11.1. The molecule has 4 saturated heterocycles. The molecule has 4 fully saturated rings. The average molecular weight is 551 g/mol. The largest absolute Gasteiger partial charge is 0.378 e. The van der Waals surface area contributed by atoms with E-state index < -0.39 is 11.6 Å². The number of Topliss-reactive ketones (excluding diaryl/α,β-unsaturated/α-hetero) is 2. The lowest BCUT2D eigenvalue weighted by Gasteiger charge is -2.33. The van der Waals surface area contributed by atoms with Crippen LogP contribution in [0.3, 0.4) is 0 Å². The first kappa shape index (κ1) is 27.0. The molecule has 4 aliphatic rings. The van der Waals surface area contributed by atoms with Crippen LogP contribution in [0.4, 0.5) is 22.7 Å². The Balaban J connectivity index is 1.33. The minimum absolute atomic E-state index is 0.417. The summed E-state index contributed by atoms with van der Waals surface area (Å²) in [4.78, 5) is 36.7. The summed E-state index contributed by atoms with van der Waals surface area (Å²) in [6, 6.07) is 11.7. The summed E-state index contributed by atoms with van der Waals surface area (Å²) in [5, 5.41) is 0. The number of ketones is 2. The Hall–Kier alpha value is -3.18. The third kappa shape index (κ3) is 6.10. The summed E-state index contributed by atoms with van der Waals surface area (Å²) in [7, 11) is 0. The van der Waals surface area contributed by atoms with Gasteiger partial charge in [-0.05, 0) is 36.4 Å². The van der Waals surface area contributed by atoms with E-state index in [1.165, 1.54) is 0 Å². The molecule has 0 N–H and O–H groups in total. The second-order valence-corrected chi connectivity index (χ2v) is 10.5. The molecule has 0 spiro atoms. The molecule has 0 unspecified atom stereocenters. The van der Waals surface area contributed by atoms with Crippen LogP contribution < -0.4 is 19.6 Å². The van der Waals surface area contributed by atoms with Crippen molar-refractivity contribution in [3.05, 3.63) is 47.5 Å². The molecular formula is C30H38N4O6. The number of anilines is 4. The molecule has 0 radical (unpaired) electrons. The fraction of sp³-hybridized carbons (Fsp3) is 0.533. The highest BCUT2D eigenvalue weighted by Gasteiger charge is 2.26. The zero-order valence-electron chi connectivity index (χ0n) is 23.0. The lowest BCUT2D eigenvalue weighted by Crippen LogP contribution is -2.38. The second-order valence-electron chi connectivity index (χ2n) is 10.5. The van der Waals surface area contributed by atoms with E-state index in [2.05, 4.69) is 31.7 Å². The quantitative estimate of drug-likeness (QED) is 0.378. The first-order valence-electron chi connectivity index (χ1n) is 14.4. The monoisotopic (exact) mass is 550 g/mol. The number of carbonyl (C=O) groups excluding carboxylic acids is 2. The maximum absolute atomic E-state index is 13.9. The van der Waals surface area contributed by atoms with Crippen molar-refractivity contribution in [2.24, 2.45) is 0 Å². The zero-order valence-corrected chi connectivity index (χ0v) is 23.0. The van der Waals surface area contributed by atoms with E-state index in [1.54, 1.807) is 0 Å². The molecule has 10 nitrogen and oxygen atoms in total. The van der Waals surface area contributed by atoms with Gasteiger partial charge < -0.3 is 38.5 Å². The van der Waals surface area contributed by atoms with E-state index in [-0.39, 0.29) is 0 Å². The Bertz CT molecular complexity index is 1030. The van der Waals surface area contributed by atoms with E-state index >= 15 is 0 Å². The molecule has 0 atom stereocenters. The van der Waals surface area contributed by atoms with Gasteiger partial charge in [-0.1, -0.05) is 0 Å². The van der Waals surface area contributed by atoms with Crippen molar-refractivity contribution >= 4 is 34.3 Å². The minimum Gasteiger partial charge on any atom is -0.378 e. The SMILES string of the molecule is O=C(C(=O)c1cc(N2CCOCC2)cc(N2CCOCC2)c1)c1cc(N2CCOCC2)cc(N2CCOCC2)c1. The van der Waals surface area contributed by atoms with Crippen LogP contribution in [-0.4, -0.2) is 117 Å². The molecule has 10 heteroatoms. The van der Waals surface area contributed by atoms with Crippen LogP contribution in [0, 0.1) is 0 Å². The highest BCUT2D eigenvalue weighted by Crippen LogP contribution is 2.30. The lowest BCUT2D eigenvalue weighted by atomic mass is 9.98. The molecule has 0 saturated carbocycles. The van der Waals surface area contributed by atoms with E-state index in [0.717, 1.165) is 75.1 Å².